The van der Waals surface area contributed by atoms with Gasteiger partial charge in [-0.2, -0.15) is 0 Å². The summed E-state index contributed by atoms with van der Waals surface area (Å²) in [5.41, 5.74) is 1.63. The number of imidazole rings is 1. The van der Waals surface area contributed by atoms with E-state index in [0.29, 0.717) is 17.9 Å². The number of aromatic nitrogens is 2. The van der Waals surface area contributed by atoms with Gasteiger partial charge in [-0.05, 0) is 25.5 Å². The smallest absolute Gasteiger partial charge is 0.255 e. The first-order chi connectivity index (χ1) is 11.1. The van der Waals surface area contributed by atoms with Crippen LogP contribution >= 0.6 is 0 Å². The van der Waals surface area contributed by atoms with E-state index < -0.39 is 0 Å². The van der Waals surface area contributed by atoms with Crippen LogP contribution in [0.1, 0.15) is 33.5 Å². The molecule has 0 radical (unpaired) electrons. The minimum Gasteiger partial charge on any atom is -0.466 e. The number of rotatable bonds is 5. The molecule has 1 N–H and O–H groups in total. The fourth-order valence-corrected chi connectivity index (χ4v) is 2.62. The molecule has 0 aliphatic heterocycles. The molecule has 3 aromatic rings. The minimum absolute atomic E-state index is 0.131. The third kappa shape index (κ3) is 3.51. The highest BCUT2D eigenvalue weighted by atomic mass is 16.3. The molecular formula is C18H19N3O2. The van der Waals surface area contributed by atoms with Gasteiger partial charge in [-0.1, -0.05) is 30.3 Å². The molecule has 1 unspecified atom stereocenters. The van der Waals surface area contributed by atoms with E-state index in [1.54, 1.807) is 25.5 Å². The maximum absolute atomic E-state index is 12.6. The van der Waals surface area contributed by atoms with Crippen LogP contribution in [0, 0.1) is 13.8 Å². The predicted octanol–water partition coefficient (Wildman–Crippen LogP) is 3.26. The fourth-order valence-electron chi connectivity index (χ4n) is 2.62. The lowest BCUT2D eigenvalue weighted by molar-refractivity contribution is 0.0931. The molecule has 0 aliphatic carbocycles. The van der Waals surface area contributed by atoms with Gasteiger partial charge in [-0.3, -0.25) is 4.79 Å². The summed E-state index contributed by atoms with van der Waals surface area (Å²) < 4.78 is 7.40. The fraction of sp³-hybridized carbons (Fsp3) is 0.222. The highest BCUT2D eigenvalue weighted by Gasteiger charge is 2.19. The molecule has 0 fully saturated rings. The topological polar surface area (TPSA) is 60.1 Å². The van der Waals surface area contributed by atoms with Gasteiger partial charge < -0.3 is 14.3 Å². The number of nitrogens with zero attached hydrogens (tertiary/aromatic N) is 2. The molecule has 0 bridgehead atoms. The molecule has 0 saturated carbocycles. The molecule has 23 heavy (non-hydrogen) atoms. The van der Waals surface area contributed by atoms with E-state index in [1.165, 1.54) is 0 Å². The number of carbonyl (C=O) groups is 1. The predicted molar refractivity (Wildman–Crippen MR) is 87.1 cm³/mol. The SMILES string of the molecule is Cc1cc(C(=O)NC(Cn2ccnc2)c2ccccc2)c(C)o1. The summed E-state index contributed by atoms with van der Waals surface area (Å²) in [4.78, 5) is 16.7. The number of amides is 1. The average Bonchev–Trinajstić information content (AvgIpc) is 3.17. The lowest BCUT2D eigenvalue weighted by atomic mass is 10.1. The van der Waals surface area contributed by atoms with Crippen molar-refractivity contribution >= 4 is 5.91 Å². The maximum atomic E-state index is 12.6. The number of aryl methyl sites for hydroxylation is 2. The van der Waals surface area contributed by atoms with Crippen molar-refractivity contribution < 1.29 is 9.21 Å². The second kappa shape index (κ2) is 6.52. The van der Waals surface area contributed by atoms with Gasteiger partial charge in [0.15, 0.2) is 0 Å². The number of furan rings is 1. The van der Waals surface area contributed by atoms with Crippen LogP contribution in [0.3, 0.4) is 0 Å². The van der Waals surface area contributed by atoms with Crippen LogP contribution in [-0.4, -0.2) is 15.5 Å². The molecule has 2 aromatic heterocycles. The Morgan fingerprint density at radius 3 is 2.70 bits per heavy atom. The zero-order valence-corrected chi connectivity index (χ0v) is 13.2. The van der Waals surface area contributed by atoms with Crippen molar-refractivity contribution in [2.75, 3.05) is 0 Å². The average molecular weight is 309 g/mol. The quantitative estimate of drug-likeness (QED) is 0.787. The van der Waals surface area contributed by atoms with E-state index in [1.807, 2.05) is 48.0 Å². The molecule has 0 aliphatic rings. The van der Waals surface area contributed by atoms with Gasteiger partial charge in [-0.15, -0.1) is 0 Å². The molecule has 2 heterocycles. The van der Waals surface area contributed by atoms with E-state index in [4.69, 9.17) is 4.42 Å². The van der Waals surface area contributed by atoms with E-state index in [9.17, 15) is 4.79 Å². The third-order valence-electron chi connectivity index (χ3n) is 3.75. The summed E-state index contributed by atoms with van der Waals surface area (Å²) in [6, 6.07) is 11.5. The van der Waals surface area contributed by atoms with Crippen LogP contribution < -0.4 is 5.32 Å². The summed E-state index contributed by atoms with van der Waals surface area (Å²) >= 11 is 0. The Morgan fingerprint density at radius 2 is 2.09 bits per heavy atom. The number of hydrogen-bond acceptors (Lipinski definition) is 3. The van der Waals surface area contributed by atoms with Crippen molar-refractivity contribution in [3.05, 3.63) is 77.8 Å². The summed E-state index contributed by atoms with van der Waals surface area (Å²) in [7, 11) is 0. The van der Waals surface area contributed by atoms with E-state index in [2.05, 4.69) is 10.3 Å². The molecule has 3 rings (SSSR count). The summed E-state index contributed by atoms with van der Waals surface area (Å²) in [5, 5.41) is 3.09. The van der Waals surface area contributed by atoms with Crippen LogP contribution in [0.2, 0.25) is 0 Å². The van der Waals surface area contributed by atoms with Crippen molar-refractivity contribution in [3.63, 3.8) is 0 Å². The number of benzene rings is 1. The van der Waals surface area contributed by atoms with Gasteiger partial charge in [0.25, 0.3) is 5.91 Å². The number of hydrogen-bond donors (Lipinski definition) is 1. The molecule has 1 aromatic carbocycles. The van der Waals surface area contributed by atoms with Gasteiger partial charge in [0, 0.05) is 18.9 Å². The van der Waals surface area contributed by atoms with Crippen LogP contribution in [-0.2, 0) is 6.54 Å². The second-order valence-electron chi connectivity index (χ2n) is 5.52. The molecule has 0 spiro atoms. The Balaban J connectivity index is 1.83. The van der Waals surface area contributed by atoms with Crippen molar-refractivity contribution in [2.24, 2.45) is 0 Å². The van der Waals surface area contributed by atoms with Crippen molar-refractivity contribution in [3.8, 4) is 0 Å². The zero-order valence-electron chi connectivity index (χ0n) is 13.2. The van der Waals surface area contributed by atoms with E-state index in [-0.39, 0.29) is 11.9 Å². The highest BCUT2D eigenvalue weighted by Crippen LogP contribution is 2.18. The highest BCUT2D eigenvalue weighted by molar-refractivity contribution is 5.95. The summed E-state index contributed by atoms with van der Waals surface area (Å²) in [5.74, 6) is 1.24. The van der Waals surface area contributed by atoms with Crippen molar-refractivity contribution in [2.45, 2.75) is 26.4 Å². The lowest BCUT2D eigenvalue weighted by Crippen LogP contribution is -2.31. The Kier molecular flexibility index (Phi) is 4.28. The van der Waals surface area contributed by atoms with E-state index >= 15 is 0 Å². The first kappa shape index (κ1) is 15.1. The maximum Gasteiger partial charge on any atom is 0.255 e. The standard InChI is InChI=1S/C18H19N3O2/c1-13-10-16(14(2)23-13)18(22)20-17(11-21-9-8-19-12-21)15-6-4-3-5-7-15/h3-10,12,17H,11H2,1-2H3,(H,20,22). The molecule has 5 heteroatoms. The van der Waals surface area contributed by atoms with Crippen LogP contribution in [0.5, 0.6) is 0 Å². The first-order valence-electron chi connectivity index (χ1n) is 7.52. The Labute approximate surface area is 135 Å². The second-order valence-corrected chi connectivity index (χ2v) is 5.52. The lowest BCUT2D eigenvalue weighted by Gasteiger charge is -2.19. The monoisotopic (exact) mass is 309 g/mol. The molecule has 1 atom stereocenters. The van der Waals surface area contributed by atoms with Crippen molar-refractivity contribution in [1.29, 1.82) is 0 Å². The Morgan fingerprint density at radius 1 is 1.30 bits per heavy atom. The first-order valence-corrected chi connectivity index (χ1v) is 7.52. The minimum atomic E-state index is -0.146. The van der Waals surface area contributed by atoms with Gasteiger partial charge in [0.05, 0.1) is 17.9 Å². The van der Waals surface area contributed by atoms with Crippen LogP contribution in [0.15, 0.2) is 59.5 Å². The Hall–Kier alpha value is -2.82. The molecule has 118 valence electrons. The van der Waals surface area contributed by atoms with Gasteiger partial charge >= 0.3 is 0 Å². The summed E-state index contributed by atoms with van der Waals surface area (Å²) in [6.45, 7) is 4.25. The number of nitrogens with one attached hydrogen (secondary N) is 1. The van der Waals surface area contributed by atoms with Crippen LogP contribution in [0.4, 0.5) is 0 Å². The normalized spacial score (nSPS) is 12.1. The van der Waals surface area contributed by atoms with Crippen LogP contribution in [0.25, 0.3) is 0 Å². The molecule has 1 amide bonds. The molecule has 0 saturated heterocycles. The summed E-state index contributed by atoms with van der Waals surface area (Å²) in [6.07, 6.45) is 5.36. The van der Waals surface area contributed by atoms with Gasteiger partial charge in [0.1, 0.15) is 11.5 Å². The molecule has 5 nitrogen and oxygen atoms in total. The van der Waals surface area contributed by atoms with Gasteiger partial charge in [-0.25, -0.2) is 4.98 Å². The van der Waals surface area contributed by atoms with Gasteiger partial charge in [0.2, 0.25) is 0 Å². The number of carbonyl (C=O) groups excluding carboxylic acids is 1. The Bertz CT molecular complexity index is 776. The van der Waals surface area contributed by atoms with Crippen molar-refractivity contribution in [1.82, 2.24) is 14.9 Å². The zero-order chi connectivity index (χ0) is 16.2. The largest absolute Gasteiger partial charge is 0.466 e. The molecular weight excluding hydrogens is 290 g/mol. The van der Waals surface area contributed by atoms with E-state index in [0.717, 1.165) is 11.3 Å². The third-order valence-corrected chi connectivity index (χ3v) is 3.75.